The predicted octanol–water partition coefficient (Wildman–Crippen LogP) is 1.36. The number of hydrogen-bond acceptors (Lipinski definition) is 5. The van der Waals surface area contributed by atoms with Crippen molar-refractivity contribution in [3.8, 4) is 0 Å². The molecule has 1 saturated heterocycles. The highest BCUT2D eigenvalue weighted by Gasteiger charge is 2.20. The van der Waals surface area contributed by atoms with Crippen LogP contribution in [0, 0.1) is 5.92 Å². The molecule has 1 atom stereocenters. The van der Waals surface area contributed by atoms with E-state index in [0.29, 0.717) is 11.8 Å². The van der Waals surface area contributed by atoms with Crippen LogP contribution < -0.4 is 5.73 Å². The van der Waals surface area contributed by atoms with Crippen LogP contribution >= 0.6 is 0 Å². The first-order valence-corrected chi connectivity index (χ1v) is 6.44. The molecule has 0 bridgehead atoms. The van der Waals surface area contributed by atoms with Crippen molar-refractivity contribution in [2.75, 3.05) is 19.6 Å². The summed E-state index contributed by atoms with van der Waals surface area (Å²) >= 11 is 0. The zero-order chi connectivity index (χ0) is 12.3. The highest BCUT2D eigenvalue weighted by Crippen LogP contribution is 2.18. The molecule has 1 fully saturated rings. The summed E-state index contributed by atoms with van der Waals surface area (Å²) in [6, 6.07) is 0. The second-order valence-corrected chi connectivity index (χ2v) is 5.18. The molecule has 2 rings (SSSR count). The minimum Gasteiger partial charge on any atom is -0.338 e. The van der Waals surface area contributed by atoms with E-state index in [0.717, 1.165) is 37.9 Å². The van der Waals surface area contributed by atoms with Crippen LogP contribution in [0.3, 0.4) is 0 Å². The molecule has 2 heterocycles. The molecule has 96 valence electrons. The Morgan fingerprint density at radius 1 is 1.53 bits per heavy atom. The smallest absolute Gasteiger partial charge is 0.240 e. The number of piperidine rings is 1. The van der Waals surface area contributed by atoms with Gasteiger partial charge >= 0.3 is 0 Å². The van der Waals surface area contributed by atoms with Crippen molar-refractivity contribution in [2.45, 2.75) is 39.2 Å². The zero-order valence-corrected chi connectivity index (χ0v) is 10.7. The van der Waals surface area contributed by atoms with Crippen molar-refractivity contribution in [1.82, 2.24) is 15.0 Å². The van der Waals surface area contributed by atoms with Gasteiger partial charge in [0.25, 0.3) is 0 Å². The lowest BCUT2D eigenvalue weighted by Crippen LogP contribution is -2.37. The Kier molecular flexibility index (Phi) is 4.12. The minimum absolute atomic E-state index is 0.325. The lowest BCUT2D eigenvalue weighted by atomic mass is 9.98. The zero-order valence-electron chi connectivity index (χ0n) is 10.7. The first-order valence-electron chi connectivity index (χ1n) is 6.44. The van der Waals surface area contributed by atoms with E-state index in [4.69, 9.17) is 10.3 Å². The SMILES string of the molecule is CC(C)c1noc(CN2CCCC(CN)C2)n1. The van der Waals surface area contributed by atoms with E-state index in [-0.39, 0.29) is 0 Å². The summed E-state index contributed by atoms with van der Waals surface area (Å²) in [5.74, 6) is 2.47. The summed E-state index contributed by atoms with van der Waals surface area (Å²) in [7, 11) is 0. The van der Waals surface area contributed by atoms with Crippen LogP contribution in [0.2, 0.25) is 0 Å². The third-order valence-corrected chi connectivity index (χ3v) is 3.30. The second kappa shape index (κ2) is 5.60. The van der Waals surface area contributed by atoms with E-state index in [1.54, 1.807) is 0 Å². The van der Waals surface area contributed by atoms with Crippen LogP contribution in [0.15, 0.2) is 4.52 Å². The molecule has 1 unspecified atom stereocenters. The van der Waals surface area contributed by atoms with Crippen molar-refractivity contribution >= 4 is 0 Å². The largest absolute Gasteiger partial charge is 0.338 e. The van der Waals surface area contributed by atoms with Crippen molar-refractivity contribution < 1.29 is 4.52 Å². The lowest BCUT2D eigenvalue weighted by Gasteiger charge is -2.30. The normalized spacial score (nSPS) is 22.2. The van der Waals surface area contributed by atoms with Crippen LogP contribution in [0.25, 0.3) is 0 Å². The van der Waals surface area contributed by atoms with Gasteiger partial charge in [-0.05, 0) is 31.8 Å². The van der Waals surface area contributed by atoms with Crippen LogP contribution in [-0.2, 0) is 6.54 Å². The van der Waals surface area contributed by atoms with E-state index < -0.39 is 0 Å². The maximum Gasteiger partial charge on any atom is 0.240 e. The number of nitrogens with two attached hydrogens (primary N) is 1. The van der Waals surface area contributed by atoms with Gasteiger partial charge in [0.15, 0.2) is 5.82 Å². The number of rotatable bonds is 4. The highest BCUT2D eigenvalue weighted by atomic mass is 16.5. The monoisotopic (exact) mass is 238 g/mol. The van der Waals surface area contributed by atoms with Crippen LogP contribution in [0.1, 0.15) is 44.3 Å². The highest BCUT2D eigenvalue weighted by molar-refractivity contribution is 4.92. The molecule has 1 aromatic heterocycles. The van der Waals surface area contributed by atoms with Gasteiger partial charge in [-0.25, -0.2) is 0 Å². The van der Waals surface area contributed by atoms with E-state index in [2.05, 4.69) is 28.9 Å². The molecular formula is C12H22N4O. The standard InChI is InChI=1S/C12H22N4O/c1-9(2)12-14-11(17-15-12)8-16-5-3-4-10(6-13)7-16/h9-10H,3-8,13H2,1-2H3. The van der Waals surface area contributed by atoms with E-state index >= 15 is 0 Å². The Hall–Kier alpha value is -0.940. The van der Waals surface area contributed by atoms with E-state index in [1.807, 2.05) is 0 Å². The number of hydrogen-bond donors (Lipinski definition) is 1. The molecule has 0 aliphatic carbocycles. The van der Waals surface area contributed by atoms with Gasteiger partial charge in [0.1, 0.15) is 0 Å². The fourth-order valence-electron chi connectivity index (χ4n) is 2.25. The van der Waals surface area contributed by atoms with Crippen LogP contribution in [0.5, 0.6) is 0 Å². The quantitative estimate of drug-likeness (QED) is 0.858. The van der Waals surface area contributed by atoms with Gasteiger partial charge < -0.3 is 10.3 Å². The maximum absolute atomic E-state index is 5.72. The summed E-state index contributed by atoms with van der Waals surface area (Å²) in [6.45, 7) is 7.83. The Morgan fingerprint density at radius 2 is 2.35 bits per heavy atom. The van der Waals surface area contributed by atoms with Gasteiger partial charge in [0.2, 0.25) is 5.89 Å². The van der Waals surface area contributed by atoms with Crippen molar-refractivity contribution in [3.05, 3.63) is 11.7 Å². The number of likely N-dealkylation sites (tertiary alicyclic amines) is 1. The van der Waals surface area contributed by atoms with Gasteiger partial charge in [-0.3, -0.25) is 4.90 Å². The summed E-state index contributed by atoms with van der Waals surface area (Å²) in [6.07, 6.45) is 2.46. The molecule has 17 heavy (non-hydrogen) atoms. The first kappa shape index (κ1) is 12.5. The Labute approximate surface area is 102 Å². The average molecular weight is 238 g/mol. The molecule has 5 heteroatoms. The fraction of sp³-hybridized carbons (Fsp3) is 0.833. The molecule has 1 aliphatic heterocycles. The summed E-state index contributed by atoms with van der Waals surface area (Å²) in [5, 5.41) is 3.98. The van der Waals surface area contributed by atoms with Gasteiger partial charge in [0, 0.05) is 12.5 Å². The maximum atomic E-state index is 5.72. The molecule has 0 aromatic carbocycles. The molecule has 0 spiro atoms. The molecule has 1 aliphatic rings. The topological polar surface area (TPSA) is 68.2 Å². The summed E-state index contributed by atoms with van der Waals surface area (Å²) in [4.78, 5) is 6.76. The predicted molar refractivity (Wildman–Crippen MR) is 65.4 cm³/mol. The van der Waals surface area contributed by atoms with Crippen molar-refractivity contribution in [2.24, 2.45) is 11.7 Å². The lowest BCUT2D eigenvalue weighted by molar-refractivity contribution is 0.153. The van der Waals surface area contributed by atoms with Gasteiger partial charge in [-0.15, -0.1) is 0 Å². The molecule has 0 amide bonds. The van der Waals surface area contributed by atoms with Crippen LogP contribution in [-0.4, -0.2) is 34.7 Å². The first-order chi connectivity index (χ1) is 8.19. The Morgan fingerprint density at radius 3 is 3.00 bits per heavy atom. The molecule has 0 saturated carbocycles. The van der Waals surface area contributed by atoms with Gasteiger partial charge in [0.05, 0.1) is 6.54 Å². The Balaban J connectivity index is 1.91. The van der Waals surface area contributed by atoms with Crippen molar-refractivity contribution in [3.63, 3.8) is 0 Å². The average Bonchev–Trinajstić information content (AvgIpc) is 2.78. The second-order valence-electron chi connectivity index (χ2n) is 5.18. The molecule has 2 N–H and O–H groups in total. The fourth-order valence-corrected chi connectivity index (χ4v) is 2.25. The molecule has 0 radical (unpaired) electrons. The van der Waals surface area contributed by atoms with Gasteiger partial charge in [-0.2, -0.15) is 4.98 Å². The third kappa shape index (κ3) is 3.26. The Bertz CT molecular complexity index is 350. The molecule has 5 nitrogen and oxygen atoms in total. The third-order valence-electron chi connectivity index (χ3n) is 3.30. The summed E-state index contributed by atoms with van der Waals surface area (Å²) in [5.41, 5.74) is 5.72. The summed E-state index contributed by atoms with van der Waals surface area (Å²) < 4.78 is 5.26. The van der Waals surface area contributed by atoms with E-state index in [9.17, 15) is 0 Å². The minimum atomic E-state index is 0.325. The molecule has 1 aromatic rings. The van der Waals surface area contributed by atoms with Gasteiger partial charge in [-0.1, -0.05) is 19.0 Å². The van der Waals surface area contributed by atoms with Crippen molar-refractivity contribution in [1.29, 1.82) is 0 Å². The molecular weight excluding hydrogens is 216 g/mol. The number of aromatic nitrogens is 2. The van der Waals surface area contributed by atoms with E-state index in [1.165, 1.54) is 12.8 Å². The van der Waals surface area contributed by atoms with Crippen LogP contribution in [0.4, 0.5) is 0 Å². The number of nitrogens with zero attached hydrogens (tertiary/aromatic N) is 3.